The number of carbonyl (C=O) groups is 1. The van der Waals surface area contributed by atoms with E-state index in [-0.39, 0.29) is 11.2 Å². The summed E-state index contributed by atoms with van der Waals surface area (Å²) in [4.78, 5) is 12.8. The number of carbonyl (C=O) groups excluding carboxylic acids is 1. The number of aromatic nitrogens is 2. The minimum Gasteiger partial charge on any atom is -0.361 e. The predicted molar refractivity (Wildman–Crippen MR) is 96.3 cm³/mol. The Morgan fingerprint density at radius 1 is 1.16 bits per heavy atom. The Morgan fingerprint density at radius 2 is 1.92 bits per heavy atom. The van der Waals surface area contributed by atoms with Gasteiger partial charge in [-0.05, 0) is 26.3 Å². The molecular weight excluding hydrogens is 338 g/mol. The SMILES string of the molecule is Cc1cc(NC(=O)C(SCc2c(C)noc2C)c2ccccc2)no1. The maximum atomic E-state index is 12.8. The van der Waals surface area contributed by atoms with Gasteiger partial charge in [-0.2, -0.15) is 0 Å². The third-order valence-corrected chi connectivity index (χ3v) is 5.07. The lowest BCUT2D eigenvalue weighted by atomic mass is 10.1. The fourth-order valence-electron chi connectivity index (χ4n) is 2.44. The van der Waals surface area contributed by atoms with Crippen LogP contribution in [-0.4, -0.2) is 16.2 Å². The molecule has 0 radical (unpaired) electrons. The maximum absolute atomic E-state index is 12.8. The van der Waals surface area contributed by atoms with Crippen LogP contribution >= 0.6 is 11.8 Å². The maximum Gasteiger partial charge on any atom is 0.243 e. The van der Waals surface area contributed by atoms with Crippen LogP contribution in [0.3, 0.4) is 0 Å². The highest BCUT2D eigenvalue weighted by atomic mass is 32.2. The zero-order chi connectivity index (χ0) is 17.8. The van der Waals surface area contributed by atoms with E-state index in [1.54, 1.807) is 13.0 Å². The molecule has 0 aliphatic carbocycles. The number of aryl methyl sites for hydroxylation is 3. The van der Waals surface area contributed by atoms with Crippen LogP contribution in [0.5, 0.6) is 0 Å². The van der Waals surface area contributed by atoms with Gasteiger partial charge in [-0.1, -0.05) is 40.6 Å². The van der Waals surface area contributed by atoms with Gasteiger partial charge in [-0.3, -0.25) is 4.79 Å². The molecule has 1 unspecified atom stereocenters. The van der Waals surface area contributed by atoms with Crippen LogP contribution in [-0.2, 0) is 10.5 Å². The lowest BCUT2D eigenvalue weighted by Crippen LogP contribution is -2.19. The number of amides is 1. The number of thioether (sulfide) groups is 1. The third kappa shape index (κ3) is 4.11. The summed E-state index contributed by atoms with van der Waals surface area (Å²) in [5.41, 5.74) is 2.80. The van der Waals surface area contributed by atoms with Crippen molar-refractivity contribution in [3.05, 3.63) is 64.7 Å². The van der Waals surface area contributed by atoms with Crippen molar-refractivity contribution < 1.29 is 13.8 Å². The van der Waals surface area contributed by atoms with Crippen molar-refractivity contribution >= 4 is 23.5 Å². The molecule has 2 aromatic heterocycles. The number of rotatable bonds is 6. The van der Waals surface area contributed by atoms with E-state index >= 15 is 0 Å². The van der Waals surface area contributed by atoms with Crippen LogP contribution < -0.4 is 5.32 Å². The number of hydrogen-bond donors (Lipinski definition) is 1. The van der Waals surface area contributed by atoms with E-state index in [2.05, 4.69) is 15.6 Å². The second-order valence-corrected chi connectivity index (χ2v) is 6.81. The standard InChI is InChI=1S/C18H19N3O3S/c1-11-9-16(21-23-11)19-18(22)17(14-7-5-4-6-8-14)25-10-15-12(2)20-24-13(15)3/h4-9,17H,10H2,1-3H3,(H,19,21,22). The molecule has 130 valence electrons. The Labute approximate surface area is 150 Å². The first-order valence-electron chi connectivity index (χ1n) is 7.87. The zero-order valence-corrected chi connectivity index (χ0v) is 15.1. The fraction of sp³-hybridized carbons (Fsp3) is 0.278. The average Bonchev–Trinajstić information content (AvgIpc) is 3.15. The van der Waals surface area contributed by atoms with E-state index < -0.39 is 0 Å². The van der Waals surface area contributed by atoms with Crippen LogP contribution in [0.4, 0.5) is 5.82 Å². The predicted octanol–water partition coefficient (Wildman–Crippen LogP) is 4.20. The summed E-state index contributed by atoms with van der Waals surface area (Å²) in [5, 5.41) is 10.2. The molecule has 0 bridgehead atoms. The molecule has 6 nitrogen and oxygen atoms in total. The summed E-state index contributed by atoms with van der Waals surface area (Å²) in [6.45, 7) is 5.57. The van der Waals surface area contributed by atoms with E-state index in [1.807, 2.05) is 44.2 Å². The summed E-state index contributed by atoms with van der Waals surface area (Å²) in [7, 11) is 0. The molecule has 3 rings (SSSR count). The normalized spacial score (nSPS) is 12.1. The highest BCUT2D eigenvalue weighted by Crippen LogP contribution is 2.34. The lowest BCUT2D eigenvalue weighted by Gasteiger charge is -2.16. The van der Waals surface area contributed by atoms with E-state index in [1.165, 1.54) is 11.8 Å². The molecule has 1 N–H and O–H groups in total. The smallest absolute Gasteiger partial charge is 0.243 e. The van der Waals surface area contributed by atoms with Gasteiger partial charge >= 0.3 is 0 Å². The van der Waals surface area contributed by atoms with Gasteiger partial charge in [0.15, 0.2) is 5.82 Å². The number of nitrogens with zero attached hydrogens (tertiary/aromatic N) is 2. The summed E-state index contributed by atoms with van der Waals surface area (Å²) < 4.78 is 10.2. The highest BCUT2D eigenvalue weighted by Gasteiger charge is 2.23. The molecule has 0 saturated carbocycles. The molecule has 0 fully saturated rings. The molecule has 7 heteroatoms. The second kappa shape index (κ2) is 7.57. The monoisotopic (exact) mass is 357 g/mol. The molecule has 25 heavy (non-hydrogen) atoms. The Bertz CT molecular complexity index is 838. The van der Waals surface area contributed by atoms with E-state index in [0.29, 0.717) is 17.3 Å². The van der Waals surface area contributed by atoms with Gasteiger partial charge in [0.25, 0.3) is 0 Å². The summed E-state index contributed by atoms with van der Waals surface area (Å²) >= 11 is 1.52. The highest BCUT2D eigenvalue weighted by molar-refractivity contribution is 7.99. The van der Waals surface area contributed by atoms with Crippen LogP contribution in [0.1, 0.15) is 33.6 Å². The second-order valence-electron chi connectivity index (χ2n) is 5.72. The summed E-state index contributed by atoms with van der Waals surface area (Å²) in [6.07, 6.45) is 0. The van der Waals surface area contributed by atoms with Crippen molar-refractivity contribution in [2.45, 2.75) is 31.8 Å². The van der Waals surface area contributed by atoms with Crippen molar-refractivity contribution in [2.75, 3.05) is 5.32 Å². The number of nitrogens with one attached hydrogen (secondary N) is 1. The molecule has 1 aromatic carbocycles. The average molecular weight is 357 g/mol. The molecule has 1 atom stereocenters. The van der Waals surface area contributed by atoms with Gasteiger partial charge in [0.05, 0.1) is 5.69 Å². The van der Waals surface area contributed by atoms with Gasteiger partial charge < -0.3 is 14.4 Å². The number of anilines is 1. The van der Waals surface area contributed by atoms with Gasteiger partial charge in [0, 0.05) is 17.4 Å². The molecule has 1 amide bonds. The van der Waals surface area contributed by atoms with Crippen molar-refractivity contribution in [1.82, 2.24) is 10.3 Å². The largest absolute Gasteiger partial charge is 0.361 e. The number of benzene rings is 1. The molecule has 0 spiro atoms. The Kier molecular flexibility index (Phi) is 5.23. The summed E-state index contributed by atoms with van der Waals surface area (Å²) in [6, 6.07) is 11.4. The van der Waals surface area contributed by atoms with E-state index in [4.69, 9.17) is 9.05 Å². The molecule has 2 heterocycles. The Balaban J connectivity index is 1.79. The van der Waals surface area contributed by atoms with E-state index in [9.17, 15) is 4.79 Å². The van der Waals surface area contributed by atoms with Crippen molar-refractivity contribution in [3.8, 4) is 0 Å². The Morgan fingerprint density at radius 3 is 2.52 bits per heavy atom. The third-order valence-electron chi connectivity index (χ3n) is 3.80. The minimum atomic E-state index is -0.382. The minimum absolute atomic E-state index is 0.142. The van der Waals surface area contributed by atoms with Crippen LogP contribution in [0.2, 0.25) is 0 Å². The van der Waals surface area contributed by atoms with Crippen LogP contribution in [0.25, 0.3) is 0 Å². The summed E-state index contributed by atoms with van der Waals surface area (Å²) in [5.74, 6) is 2.34. The fourth-order valence-corrected chi connectivity index (χ4v) is 3.75. The Hall–Kier alpha value is -2.54. The van der Waals surface area contributed by atoms with E-state index in [0.717, 1.165) is 22.6 Å². The van der Waals surface area contributed by atoms with Gasteiger partial charge in [-0.15, -0.1) is 11.8 Å². The van der Waals surface area contributed by atoms with Crippen LogP contribution in [0.15, 0.2) is 45.4 Å². The first kappa shape index (κ1) is 17.3. The van der Waals surface area contributed by atoms with Crippen molar-refractivity contribution in [1.29, 1.82) is 0 Å². The zero-order valence-electron chi connectivity index (χ0n) is 14.3. The van der Waals surface area contributed by atoms with Crippen LogP contribution in [0, 0.1) is 20.8 Å². The van der Waals surface area contributed by atoms with Crippen molar-refractivity contribution in [2.24, 2.45) is 0 Å². The topological polar surface area (TPSA) is 81.2 Å². The van der Waals surface area contributed by atoms with Gasteiger partial charge in [0.1, 0.15) is 16.8 Å². The van der Waals surface area contributed by atoms with Crippen molar-refractivity contribution in [3.63, 3.8) is 0 Å². The first-order chi connectivity index (χ1) is 12.0. The molecular formula is C18H19N3O3S. The quantitative estimate of drug-likeness (QED) is 0.712. The van der Waals surface area contributed by atoms with Gasteiger partial charge in [0.2, 0.25) is 5.91 Å². The lowest BCUT2D eigenvalue weighted by molar-refractivity contribution is -0.115. The molecule has 0 saturated heterocycles. The first-order valence-corrected chi connectivity index (χ1v) is 8.92. The molecule has 0 aliphatic rings. The van der Waals surface area contributed by atoms with Gasteiger partial charge in [-0.25, -0.2) is 0 Å². The molecule has 3 aromatic rings. The molecule has 0 aliphatic heterocycles. The number of hydrogen-bond acceptors (Lipinski definition) is 6.